The summed E-state index contributed by atoms with van der Waals surface area (Å²) < 4.78 is 3.35. The molecule has 3 rings (SSSR count). The predicted octanol–water partition coefficient (Wildman–Crippen LogP) is 1.88. The Balaban J connectivity index is 1.67. The average molecular weight is 325 g/mol. The molecule has 0 aliphatic carbocycles. The van der Waals surface area contributed by atoms with Gasteiger partial charge in [-0.2, -0.15) is 10.2 Å². The summed E-state index contributed by atoms with van der Waals surface area (Å²) in [6, 6.07) is 7.27. The summed E-state index contributed by atoms with van der Waals surface area (Å²) in [5, 5.41) is 11.3. The van der Waals surface area contributed by atoms with Crippen LogP contribution in [0, 0.1) is 0 Å². The van der Waals surface area contributed by atoms with Gasteiger partial charge in [0.15, 0.2) is 5.82 Å². The highest BCUT2D eigenvalue weighted by Crippen LogP contribution is 2.19. The zero-order valence-electron chi connectivity index (χ0n) is 13.8. The fourth-order valence-corrected chi connectivity index (χ4v) is 2.33. The second-order valence-corrected chi connectivity index (χ2v) is 5.63. The average Bonchev–Trinajstić information content (AvgIpc) is 3.16. The molecule has 0 spiro atoms. The number of carbonyl (C=O) groups is 1. The summed E-state index contributed by atoms with van der Waals surface area (Å²) in [4.78, 5) is 18.1. The van der Waals surface area contributed by atoms with E-state index in [1.165, 1.54) is 0 Å². The number of nitrogens with zero attached hydrogens (tertiary/aromatic N) is 6. The number of hydrogen-bond donors (Lipinski definition) is 1. The molecule has 2 aromatic heterocycles. The molecule has 0 fully saturated rings. The summed E-state index contributed by atoms with van der Waals surface area (Å²) in [6.07, 6.45) is 5.27. The van der Waals surface area contributed by atoms with Gasteiger partial charge in [0, 0.05) is 44.2 Å². The van der Waals surface area contributed by atoms with Crippen LogP contribution in [-0.2, 0) is 20.6 Å². The number of rotatable bonds is 4. The van der Waals surface area contributed by atoms with Crippen LogP contribution in [0.4, 0.5) is 10.5 Å². The lowest BCUT2D eigenvalue weighted by Gasteiger charge is -2.17. The van der Waals surface area contributed by atoms with Crippen LogP contribution in [0.25, 0.3) is 11.4 Å². The Morgan fingerprint density at radius 1 is 1.29 bits per heavy atom. The Morgan fingerprint density at radius 2 is 2.12 bits per heavy atom. The predicted molar refractivity (Wildman–Crippen MR) is 90.1 cm³/mol. The molecule has 8 heteroatoms. The Bertz CT molecular complexity index is 851. The fourth-order valence-electron chi connectivity index (χ4n) is 2.33. The summed E-state index contributed by atoms with van der Waals surface area (Å²) >= 11 is 0. The van der Waals surface area contributed by atoms with Crippen molar-refractivity contribution in [3.8, 4) is 11.4 Å². The Hall–Kier alpha value is -3.16. The molecule has 0 aliphatic rings. The van der Waals surface area contributed by atoms with Gasteiger partial charge in [0.05, 0.1) is 12.7 Å². The van der Waals surface area contributed by atoms with Crippen LogP contribution in [0.3, 0.4) is 0 Å². The van der Waals surface area contributed by atoms with E-state index in [-0.39, 0.29) is 6.03 Å². The third-order valence-corrected chi connectivity index (χ3v) is 3.50. The first-order valence-corrected chi connectivity index (χ1v) is 7.47. The van der Waals surface area contributed by atoms with Crippen LogP contribution in [-0.4, -0.2) is 42.5 Å². The van der Waals surface area contributed by atoms with Gasteiger partial charge in [-0.1, -0.05) is 12.1 Å². The number of amides is 2. The highest BCUT2D eigenvalue weighted by atomic mass is 16.2. The van der Waals surface area contributed by atoms with Gasteiger partial charge >= 0.3 is 6.03 Å². The number of aryl methyl sites for hydroxylation is 2. The minimum Gasteiger partial charge on any atom is -0.323 e. The van der Waals surface area contributed by atoms with E-state index in [1.54, 1.807) is 33.8 Å². The molecule has 1 aromatic carbocycles. The topological polar surface area (TPSA) is 80.9 Å². The molecule has 8 nitrogen and oxygen atoms in total. The van der Waals surface area contributed by atoms with Crippen molar-refractivity contribution in [1.29, 1.82) is 0 Å². The molecule has 3 aromatic rings. The van der Waals surface area contributed by atoms with Crippen molar-refractivity contribution >= 4 is 11.7 Å². The Morgan fingerprint density at radius 3 is 2.79 bits per heavy atom. The highest BCUT2D eigenvalue weighted by Gasteiger charge is 2.11. The molecule has 0 radical (unpaired) electrons. The minimum atomic E-state index is -0.190. The molecule has 0 bridgehead atoms. The van der Waals surface area contributed by atoms with Crippen molar-refractivity contribution in [2.24, 2.45) is 14.1 Å². The van der Waals surface area contributed by atoms with Gasteiger partial charge in [-0.05, 0) is 12.1 Å². The van der Waals surface area contributed by atoms with Gasteiger partial charge < -0.3 is 10.2 Å². The van der Waals surface area contributed by atoms with Crippen LogP contribution in [0.15, 0.2) is 43.0 Å². The molecule has 2 heterocycles. The molecule has 24 heavy (non-hydrogen) atoms. The molecule has 0 unspecified atom stereocenters. The van der Waals surface area contributed by atoms with Crippen molar-refractivity contribution in [3.63, 3.8) is 0 Å². The van der Waals surface area contributed by atoms with Gasteiger partial charge in [-0.15, -0.1) is 0 Å². The van der Waals surface area contributed by atoms with E-state index in [2.05, 4.69) is 20.5 Å². The SMILES string of the molecule is CN(Cc1cnn(C)c1)C(=O)Nc1cccc(-c2ncn(C)n2)c1. The highest BCUT2D eigenvalue weighted by molar-refractivity contribution is 5.89. The van der Waals surface area contributed by atoms with Crippen LogP contribution in [0.5, 0.6) is 0 Å². The monoisotopic (exact) mass is 325 g/mol. The van der Waals surface area contributed by atoms with Gasteiger partial charge in [-0.25, -0.2) is 9.78 Å². The Labute approximate surface area is 139 Å². The first-order valence-electron chi connectivity index (χ1n) is 7.47. The molecule has 0 atom stereocenters. The van der Waals surface area contributed by atoms with E-state index in [9.17, 15) is 4.79 Å². The third kappa shape index (κ3) is 3.60. The standard InChI is InChI=1S/C16H19N7O/c1-21(9-12-8-18-22(2)10-12)16(24)19-14-6-4-5-13(7-14)15-17-11-23(3)20-15/h4-8,10-11H,9H2,1-3H3,(H,19,24). The van der Waals surface area contributed by atoms with Crippen molar-refractivity contribution in [3.05, 3.63) is 48.5 Å². The minimum absolute atomic E-state index is 0.190. The molecule has 0 aliphatic heterocycles. The number of nitrogens with one attached hydrogen (secondary N) is 1. The van der Waals surface area contributed by atoms with Crippen molar-refractivity contribution < 1.29 is 4.79 Å². The molecule has 0 saturated carbocycles. The second kappa shape index (κ2) is 6.53. The molecule has 124 valence electrons. The van der Waals surface area contributed by atoms with E-state index in [1.807, 2.05) is 44.6 Å². The quantitative estimate of drug-likeness (QED) is 0.794. The van der Waals surface area contributed by atoms with Crippen molar-refractivity contribution in [1.82, 2.24) is 29.4 Å². The summed E-state index contributed by atoms with van der Waals surface area (Å²) in [5.41, 5.74) is 2.52. The van der Waals surface area contributed by atoms with E-state index in [0.717, 1.165) is 11.1 Å². The van der Waals surface area contributed by atoms with Crippen LogP contribution >= 0.6 is 0 Å². The number of anilines is 1. The zero-order chi connectivity index (χ0) is 17.1. The molecular formula is C16H19N7O. The number of urea groups is 1. The molecule has 1 N–H and O–H groups in total. The van der Waals surface area contributed by atoms with Gasteiger partial charge in [0.25, 0.3) is 0 Å². The van der Waals surface area contributed by atoms with Crippen molar-refractivity contribution in [2.75, 3.05) is 12.4 Å². The summed E-state index contributed by atoms with van der Waals surface area (Å²) in [5.74, 6) is 0.623. The fraction of sp³-hybridized carbons (Fsp3) is 0.250. The molecule has 0 saturated heterocycles. The maximum Gasteiger partial charge on any atom is 0.321 e. The van der Waals surface area contributed by atoms with E-state index in [4.69, 9.17) is 0 Å². The lowest BCUT2D eigenvalue weighted by Crippen LogP contribution is -2.30. The van der Waals surface area contributed by atoms with E-state index >= 15 is 0 Å². The van der Waals surface area contributed by atoms with Gasteiger partial charge in [0.1, 0.15) is 6.33 Å². The van der Waals surface area contributed by atoms with Crippen LogP contribution in [0.2, 0.25) is 0 Å². The molecule has 2 amide bonds. The second-order valence-electron chi connectivity index (χ2n) is 5.63. The Kier molecular flexibility index (Phi) is 4.28. The van der Waals surface area contributed by atoms with Crippen molar-refractivity contribution in [2.45, 2.75) is 6.54 Å². The first-order chi connectivity index (χ1) is 11.5. The smallest absolute Gasteiger partial charge is 0.321 e. The maximum atomic E-state index is 12.3. The lowest BCUT2D eigenvalue weighted by molar-refractivity contribution is 0.220. The van der Waals surface area contributed by atoms with Crippen LogP contribution < -0.4 is 5.32 Å². The van der Waals surface area contributed by atoms with Gasteiger partial charge in [-0.3, -0.25) is 9.36 Å². The normalized spacial score (nSPS) is 10.6. The summed E-state index contributed by atoms with van der Waals surface area (Å²) in [6.45, 7) is 0.487. The molecular weight excluding hydrogens is 306 g/mol. The maximum absolute atomic E-state index is 12.3. The number of aromatic nitrogens is 5. The number of benzene rings is 1. The van der Waals surface area contributed by atoms with E-state index in [0.29, 0.717) is 18.1 Å². The number of carbonyl (C=O) groups excluding carboxylic acids is 1. The largest absolute Gasteiger partial charge is 0.323 e. The van der Waals surface area contributed by atoms with Gasteiger partial charge in [0.2, 0.25) is 0 Å². The first kappa shape index (κ1) is 15.7. The zero-order valence-corrected chi connectivity index (χ0v) is 13.8. The van der Waals surface area contributed by atoms with Crippen LogP contribution in [0.1, 0.15) is 5.56 Å². The van der Waals surface area contributed by atoms with E-state index < -0.39 is 0 Å². The summed E-state index contributed by atoms with van der Waals surface area (Å²) in [7, 11) is 5.41. The third-order valence-electron chi connectivity index (χ3n) is 3.50. The number of hydrogen-bond acceptors (Lipinski definition) is 4. The lowest BCUT2D eigenvalue weighted by atomic mass is 10.2.